The summed E-state index contributed by atoms with van der Waals surface area (Å²) in [6.45, 7) is 0.578. The van der Waals surface area contributed by atoms with Gasteiger partial charge in [0.15, 0.2) is 0 Å². The molecule has 2 rings (SSSR count). The minimum absolute atomic E-state index is 0.102. The molecule has 0 radical (unpaired) electrons. The molecule has 1 aromatic carbocycles. The zero-order chi connectivity index (χ0) is 14.2. The van der Waals surface area contributed by atoms with Crippen LogP contribution in [0.15, 0.2) is 21.5 Å². The molecule has 0 spiro atoms. The average molecular weight is 387 g/mol. The molecule has 1 N–H and O–H groups in total. The van der Waals surface area contributed by atoms with Crippen molar-refractivity contribution in [3.8, 4) is 0 Å². The summed E-state index contributed by atoms with van der Waals surface area (Å²) in [5.41, 5.74) is 0.102. The lowest BCUT2D eigenvalue weighted by atomic mass is 10.2. The van der Waals surface area contributed by atoms with Gasteiger partial charge >= 0.3 is 0 Å². The fraction of sp³-hybridized carbons (Fsp3) is 0.364. The topological polar surface area (TPSA) is 63.2 Å². The second-order valence-electron chi connectivity index (χ2n) is 4.35. The van der Waals surface area contributed by atoms with Crippen LogP contribution in [0.2, 0.25) is 5.02 Å². The largest absolute Gasteiger partial charge is 0.352 e. The molecule has 0 aromatic heterocycles. The van der Waals surface area contributed by atoms with Crippen molar-refractivity contribution in [1.29, 1.82) is 0 Å². The standard InChI is InChI=1S/C11H10BrCl2NO3S/c12-8-4-9(13)7(3-10(8)19(14,17)18)11(16)15-5-6-1-2-6/h3-4,6H,1-2,5H2,(H,15,16). The average Bonchev–Trinajstić information content (AvgIpc) is 3.07. The number of carbonyl (C=O) groups excluding carboxylic acids is 1. The van der Waals surface area contributed by atoms with E-state index >= 15 is 0 Å². The van der Waals surface area contributed by atoms with E-state index < -0.39 is 15.0 Å². The van der Waals surface area contributed by atoms with Gasteiger partial charge in [-0.05, 0) is 46.8 Å². The van der Waals surface area contributed by atoms with E-state index in [2.05, 4.69) is 21.2 Å². The normalized spacial score (nSPS) is 15.3. The maximum atomic E-state index is 11.9. The fourth-order valence-corrected chi connectivity index (χ4v) is 4.12. The van der Waals surface area contributed by atoms with Crippen molar-refractivity contribution in [3.05, 3.63) is 27.2 Å². The number of nitrogens with one attached hydrogen (secondary N) is 1. The van der Waals surface area contributed by atoms with Gasteiger partial charge in [0.2, 0.25) is 0 Å². The van der Waals surface area contributed by atoms with Crippen molar-refractivity contribution in [2.45, 2.75) is 17.7 Å². The lowest BCUT2D eigenvalue weighted by Crippen LogP contribution is -2.26. The number of benzene rings is 1. The van der Waals surface area contributed by atoms with Crippen LogP contribution in [-0.4, -0.2) is 20.9 Å². The molecule has 0 unspecified atom stereocenters. The van der Waals surface area contributed by atoms with Gasteiger partial charge in [0.05, 0.1) is 15.5 Å². The van der Waals surface area contributed by atoms with Crippen LogP contribution in [0, 0.1) is 5.92 Å². The Morgan fingerprint density at radius 2 is 2.05 bits per heavy atom. The monoisotopic (exact) mass is 385 g/mol. The quantitative estimate of drug-likeness (QED) is 0.808. The zero-order valence-corrected chi connectivity index (χ0v) is 13.5. The summed E-state index contributed by atoms with van der Waals surface area (Å²) >= 11 is 9.01. The Morgan fingerprint density at radius 3 is 2.58 bits per heavy atom. The molecule has 1 aromatic rings. The summed E-state index contributed by atoms with van der Waals surface area (Å²) in [7, 11) is 1.36. The van der Waals surface area contributed by atoms with Crippen LogP contribution in [0.5, 0.6) is 0 Å². The molecule has 1 fully saturated rings. The molecule has 0 saturated heterocycles. The van der Waals surface area contributed by atoms with Gasteiger partial charge in [-0.2, -0.15) is 0 Å². The van der Waals surface area contributed by atoms with Gasteiger partial charge in [-0.3, -0.25) is 4.79 Å². The van der Waals surface area contributed by atoms with Crippen LogP contribution in [0.25, 0.3) is 0 Å². The van der Waals surface area contributed by atoms with Gasteiger partial charge in [0, 0.05) is 21.7 Å². The number of hydrogen-bond acceptors (Lipinski definition) is 3. The molecule has 1 aliphatic rings. The molecule has 104 valence electrons. The van der Waals surface area contributed by atoms with Crippen LogP contribution >= 0.6 is 38.2 Å². The Hall–Kier alpha value is -0.300. The molecule has 0 heterocycles. The fourth-order valence-electron chi connectivity index (χ4n) is 1.54. The molecular formula is C11H10BrCl2NO3S. The molecule has 8 heteroatoms. The molecule has 1 saturated carbocycles. The highest BCUT2D eigenvalue weighted by Gasteiger charge is 2.24. The summed E-state index contributed by atoms with van der Waals surface area (Å²) in [6.07, 6.45) is 2.21. The van der Waals surface area contributed by atoms with Crippen LogP contribution in [-0.2, 0) is 9.05 Å². The summed E-state index contributed by atoms with van der Waals surface area (Å²) in [5.74, 6) is 0.125. The van der Waals surface area contributed by atoms with E-state index in [0.717, 1.165) is 12.8 Å². The number of hydrogen-bond donors (Lipinski definition) is 1. The van der Waals surface area contributed by atoms with Gasteiger partial charge in [0.1, 0.15) is 0 Å². The number of carbonyl (C=O) groups is 1. The third kappa shape index (κ3) is 3.84. The first-order valence-corrected chi connectivity index (χ1v) is 8.99. The first-order chi connectivity index (χ1) is 8.79. The van der Waals surface area contributed by atoms with Gasteiger partial charge in [-0.1, -0.05) is 11.6 Å². The predicted molar refractivity (Wildman–Crippen MR) is 77.2 cm³/mol. The third-order valence-electron chi connectivity index (χ3n) is 2.78. The number of amides is 1. The smallest absolute Gasteiger partial charge is 0.262 e. The Labute approximate surface area is 129 Å². The predicted octanol–water partition coefficient (Wildman–Crippen LogP) is 3.17. The molecule has 0 atom stereocenters. The second kappa shape index (κ2) is 5.60. The van der Waals surface area contributed by atoms with E-state index in [1.807, 2.05) is 0 Å². The van der Waals surface area contributed by atoms with E-state index in [-0.39, 0.29) is 20.0 Å². The molecule has 1 amide bonds. The number of rotatable bonds is 4. The molecule has 0 bridgehead atoms. The Morgan fingerprint density at radius 1 is 1.42 bits per heavy atom. The SMILES string of the molecule is O=C(NCC1CC1)c1cc(S(=O)(=O)Cl)c(Br)cc1Cl. The van der Waals surface area contributed by atoms with Crippen molar-refractivity contribution in [2.75, 3.05) is 6.54 Å². The highest BCUT2D eigenvalue weighted by Crippen LogP contribution is 2.31. The van der Waals surface area contributed by atoms with Crippen molar-refractivity contribution < 1.29 is 13.2 Å². The molecule has 19 heavy (non-hydrogen) atoms. The first-order valence-electron chi connectivity index (χ1n) is 5.51. The van der Waals surface area contributed by atoms with E-state index in [1.54, 1.807) is 0 Å². The summed E-state index contributed by atoms with van der Waals surface area (Å²) in [4.78, 5) is 11.8. The molecular weight excluding hydrogens is 377 g/mol. The Kier molecular flexibility index (Phi) is 4.45. The van der Waals surface area contributed by atoms with Gasteiger partial charge in [0.25, 0.3) is 15.0 Å². The summed E-state index contributed by atoms with van der Waals surface area (Å²) < 4.78 is 23.0. The van der Waals surface area contributed by atoms with Gasteiger partial charge in [-0.25, -0.2) is 8.42 Å². The third-order valence-corrected chi connectivity index (χ3v) is 5.37. The molecule has 4 nitrogen and oxygen atoms in total. The van der Waals surface area contributed by atoms with E-state index in [9.17, 15) is 13.2 Å². The Bertz CT molecular complexity index is 629. The van der Waals surface area contributed by atoms with Crippen LogP contribution in [0.4, 0.5) is 0 Å². The first kappa shape index (κ1) is 15.1. The van der Waals surface area contributed by atoms with Crippen LogP contribution < -0.4 is 5.32 Å². The van der Waals surface area contributed by atoms with E-state index in [0.29, 0.717) is 12.5 Å². The molecule has 1 aliphatic carbocycles. The van der Waals surface area contributed by atoms with Crippen molar-refractivity contribution >= 4 is 53.2 Å². The minimum atomic E-state index is -3.94. The Balaban J connectivity index is 2.30. The van der Waals surface area contributed by atoms with Crippen molar-refractivity contribution in [2.24, 2.45) is 5.92 Å². The highest BCUT2D eigenvalue weighted by atomic mass is 79.9. The highest BCUT2D eigenvalue weighted by molar-refractivity contribution is 9.10. The zero-order valence-electron chi connectivity index (χ0n) is 9.62. The lowest BCUT2D eigenvalue weighted by molar-refractivity contribution is 0.0951. The van der Waals surface area contributed by atoms with E-state index in [1.165, 1.54) is 12.1 Å². The summed E-state index contributed by atoms with van der Waals surface area (Å²) in [5, 5.41) is 2.89. The second-order valence-corrected chi connectivity index (χ2v) is 8.15. The van der Waals surface area contributed by atoms with Crippen molar-refractivity contribution in [3.63, 3.8) is 0 Å². The van der Waals surface area contributed by atoms with Crippen molar-refractivity contribution in [1.82, 2.24) is 5.32 Å². The number of halogens is 3. The van der Waals surface area contributed by atoms with E-state index in [4.69, 9.17) is 22.3 Å². The molecule has 0 aliphatic heterocycles. The van der Waals surface area contributed by atoms with Crippen LogP contribution in [0.3, 0.4) is 0 Å². The minimum Gasteiger partial charge on any atom is -0.352 e. The van der Waals surface area contributed by atoms with Crippen LogP contribution in [0.1, 0.15) is 23.2 Å². The maximum Gasteiger partial charge on any atom is 0.262 e. The summed E-state index contributed by atoms with van der Waals surface area (Å²) in [6, 6.07) is 2.53. The van der Waals surface area contributed by atoms with Gasteiger partial charge in [-0.15, -0.1) is 0 Å². The van der Waals surface area contributed by atoms with Gasteiger partial charge < -0.3 is 5.32 Å². The lowest BCUT2D eigenvalue weighted by Gasteiger charge is -2.09. The maximum absolute atomic E-state index is 11.9.